The number of hydrazine groups is 1. The highest BCUT2D eigenvalue weighted by atomic mass is 16.5. The molecule has 44 heavy (non-hydrogen) atoms. The van der Waals surface area contributed by atoms with Gasteiger partial charge in [0.25, 0.3) is 11.8 Å². The van der Waals surface area contributed by atoms with E-state index in [4.69, 9.17) is 4.74 Å². The lowest BCUT2D eigenvalue weighted by Gasteiger charge is -2.49. The van der Waals surface area contributed by atoms with Crippen molar-refractivity contribution in [3.8, 4) is 11.5 Å². The van der Waals surface area contributed by atoms with Crippen molar-refractivity contribution >= 4 is 17.5 Å². The van der Waals surface area contributed by atoms with Gasteiger partial charge in [0.2, 0.25) is 0 Å². The molecule has 2 aliphatic heterocycles. The number of benzene rings is 3. The standard InChI is InChI=1S/C33H31N5O6/c1-19-9-11-21(12-10-19)34-37-29(40)25-18-26-23(15-16-36-31(42)35(2)32(43)38(26)36)28(24-14-13-22(39)17-27(24)44-3)33(25,30(37)41)20-7-5-4-6-8-20/h4-15,17,25-26,28,34,39H,16,18H2,1-3H3. The van der Waals surface area contributed by atoms with E-state index in [-0.39, 0.29) is 18.7 Å². The van der Waals surface area contributed by atoms with E-state index in [9.17, 15) is 19.5 Å². The van der Waals surface area contributed by atoms with Gasteiger partial charge in [0.05, 0.1) is 36.7 Å². The Balaban J connectivity index is 1.52. The first kappa shape index (κ1) is 27.5. The Bertz CT molecular complexity index is 1970. The van der Waals surface area contributed by atoms with Crippen LogP contribution in [-0.4, -0.2) is 43.0 Å². The fourth-order valence-electron chi connectivity index (χ4n) is 7.40. The molecular weight excluding hydrogens is 562 g/mol. The number of imide groups is 1. The molecule has 11 heteroatoms. The Kier molecular flexibility index (Phi) is 6.17. The number of fused-ring (bicyclic) bond motifs is 4. The lowest BCUT2D eigenvalue weighted by molar-refractivity contribution is -0.138. The number of anilines is 1. The summed E-state index contributed by atoms with van der Waals surface area (Å²) in [6.45, 7) is 2.06. The van der Waals surface area contributed by atoms with Gasteiger partial charge in [0.15, 0.2) is 0 Å². The average molecular weight is 594 g/mol. The molecule has 0 radical (unpaired) electrons. The van der Waals surface area contributed by atoms with Crippen LogP contribution in [0, 0.1) is 12.8 Å². The van der Waals surface area contributed by atoms with Gasteiger partial charge in [-0.15, -0.1) is 0 Å². The number of hydrogen-bond donors (Lipinski definition) is 2. The van der Waals surface area contributed by atoms with Gasteiger partial charge in [-0.3, -0.25) is 15.0 Å². The van der Waals surface area contributed by atoms with Crippen LogP contribution in [0.15, 0.2) is 94.0 Å². The number of methoxy groups -OCH3 is 1. The highest BCUT2D eigenvalue weighted by Gasteiger charge is 2.69. The van der Waals surface area contributed by atoms with Crippen LogP contribution in [0.1, 0.15) is 35.1 Å². The van der Waals surface area contributed by atoms with Gasteiger partial charge >= 0.3 is 11.4 Å². The highest BCUT2D eigenvalue weighted by molar-refractivity contribution is 6.12. The fraction of sp³-hybridized carbons (Fsp3) is 0.273. The minimum Gasteiger partial charge on any atom is -0.508 e. The second-order valence-electron chi connectivity index (χ2n) is 11.6. The van der Waals surface area contributed by atoms with Crippen molar-refractivity contribution in [3.05, 3.63) is 122 Å². The fourth-order valence-corrected chi connectivity index (χ4v) is 7.40. The number of amides is 2. The molecule has 4 unspecified atom stereocenters. The smallest absolute Gasteiger partial charge is 0.347 e. The maximum absolute atomic E-state index is 15.0. The summed E-state index contributed by atoms with van der Waals surface area (Å²) in [6, 6.07) is 20.6. The van der Waals surface area contributed by atoms with Gasteiger partial charge < -0.3 is 9.84 Å². The zero-order valence-corrected chi connectivity index (χ0v) is 24.4. The van der Waals surface area contributed by atoms with Crippen LogP contribution in [0.4, 0.5) is 5.69 Å². The van der Waals surface area contributed by atoms with E-state index in [0.717, 1.165) is 20.7 Å². The summed E-state index contributed by atoms with van der Waals surface area (Å²) in [5.41, 5.74) is 4.21. The summed E-state index contributed by atoms with van der Waals surface area (Å²) in [7, 11) is 2.91. The molecule has 1 saturated heterocycles. The molecule has 3 aliphatic rings. The van der Waals surface area contributed by atoms with Crippen LogP contribution >= 0.6 is 0 Å². The largest absolute Gasteiger partial charge is 0.508 e. The van der Waals surface area contributed by atoms with Gasteiger partial charge in [-0.05, 0) is 42.7 Å². The highest BCUT2D eigenvalue weighted by Crippen LogP contribution is 2.62. The lowest BCUT2D eigenvalue weighted by Crippen LogP contribution is -2.53. The van der Waals surface area contributed by atoms with E-state index in [2.05, 4.69) is 5.43 Å². The quantitative estimate of drug-likeness (QED) is 0.269. The molecule has 4 atom stereocenters. The number of aryl methyl sites for hydroxylation is 1. The minimum absolute atomic E-state index is 0.0227. The summed E-state index contributed by atoms with van der Waals surface area (Å²) in [5, 5.41) is 11.5. The van der Waals surface area contributed by atoms with Crippen molar-refractivity contribution in [2.24, 2.45) is 13.0 Å². The molecule has 1 aliphatic carbocycles. The van der Waals surface area contributed by atoms with Gasteiger partial charge in [-0.2, -0.15) is 5.01 Å². The maximum atomic E-state index is 15.0. The summed E-state index contributed by atoms with van der Waals surface area (Å²) in [5.74, 6) is -2.28. The van der Waals surface area contributed by atoms with Crippen molar-refractivity contribution < 1.29 is 19.4 Å². The minimum atomic E-state index is -1.44. The van der Waals surface area contributed by atoms with E-state index in [1.54, 1.807) is 18.2 Å². The molecule has 2 amide bonds. The third kappa shape index (κ3) is 3.68. The molecule has 3 heterocycles. The van der Waals surface area contributed by atoms with E-state index < -0.39 is 46.5 Å². The number of aromatic nitrogens is 3. The Morgan fingerprint density at radius 2 is 1.68 bits per heavy atom. The molecule has 2 fully saturated rings. The predicted molar refractivity (Wildman–Crippen MR) is 161 cm³/mol. The van der Waals surface area contributed by atoms with Crippen molar-refractivity contribution in [2.75, 3.05) is 12.5 Å². The maximum Gasteiger partial charge on any atom is 0.347 e. The van der Waals surface area contributed by atoms with Crippen LogP contribution in [0.5, 0.6) is 11.5 Å². The van der Waals surface area contributed by atoms with E-state index in [0.29, 0.717) is 22.6 Å². The van der Waals surface area contributed by atoms with E-state index in [1.807, 2.05) is 55.5 Å². The second-order valence-corrected chi connectivity index (χ2v) is 11.6. The molecule has 7 rings (SSSR count). The zero-order chi connectivity index (χ0) is 30.9. The Morgan fingerprint density at radius 3 is 2.39 bits per heavy atom. The van der Waals surface area contributed by atoms with Gasteiger partial charge in [0.1, 0.15) is 11.5 Å². The van der Waals surface area contributed by atoms with Gasteiger partial charge in [-0.1, -0.05) is 60.2 Å². The SMILES string of the molecule is COc1cc(O)ccc1C1C2=CCn3c(=O)n(C)c(=O)n3C2CC2C(=O)N(Nc3ccc(C)cc3)C(=O)C21c1ccccc1. The predicted octanol–water partition coefficient (Wildman–Crippen LogP) is 2.99. The molecule has 224 valence electrons. The number of ether oxygens (including phenoxy) is 1. The number of phenols is 1. The van der Waals surface area contributed by atoms with Crippen LogP contribution in [-0.2, 0) is 28.6 Å². The summed E-state index contributed by atoms with van der Waals surface area (Å²) >= 11 is 0. The van der Waals surface area contributed by atoms with Crippen LogP contribution in [0.2, 0.25) is 0 Å². The molecule has 4 aromatic rings. The number of aromatic hydroxyl groups is 1. The molecule has 1 saturated carbocycles. The topological polar surface area (TPSA) is 128 Å². The number of allylic oxidation sites excluding steroid dienone is 2. The van der Waals surface area contributed by atoms with E-state index >= 15 is 4.79 Å². The third-order valence-corrected chi connectivity index (χ3v) is 9.38. The van der Waals surface area contributed by atoms with Crippen LogP contribution < -0.4 is 21.5 Å². The van der Waals surface area contributed by atoms with Crippen LogP contribution in [0.3, 0.4) is 0 Å². The first-order valence-corrected chi connectivity index (χ1v) is 14.4. The Hall–Kier alpha value is -5.32. The normalized spacial score (nSPS) is 23.9. The van der Waals surface area contributed by atoms with Crippen LogP contribution in [0.25, 0.3) is 0 Å². The number of phenolic OH excluding ortho intramolecular Hbond substituents is 1. The summed E-state index contributed by atoms with van der Waals surface area (Å²) in [6.07, 6.45) is 1.99. The zero-order valence-electron chi connectivity index (χ0n) is 24.4. The second kappa shape index (κ2) is 9.87. The molecular formula is C33H31N5O6. The van der Waals surface area contributed by atoms with Crippen molar-refractivity contribution in [1.29, 1.82) is 0 Å². The molecule has 0 spiro atoms. The number of nitrogens with one attached hydrogen (secondary N) is 1. The first-order valence-electron chi connectivity index (χ1n) is 14.4. The van der Waals surface area contributed by atoms with Crippen molar-refractivity contribution in [1.82, 2.24) is 18.9 Å². The summed E-state index contributed by atoms with van der Waals surface area (Å²) in [4.78, 5) is 56.0. The number of nitrogens with zero attached hydrogens (tertiary/aromatic N) is 4. The molecule has 2 N–H and O–H groups in total. The van der Waals surface area contributed by atoms with Crippen molar-refractivity contribution in [2.45, 2.75) is 37.3 Å². The molecule has 3 aromatic carbocycles. The number of rotatable bonds is 5. The number of carbonyl (C=O) groups is 2. The Labute approximate surface area is 252 Å². The van der Waals surface area contributed by atoms with Gasteiger partial charge in [-0.25, -0.2) is 23.5 Å². The molecule has 0 bridgehead atoms. The first-order chi connectivity index (χ1) is 21.2. The summed E-state index contributed by atoms with van der Waals surface area (Å²) < 4.78 is 9.61. The Morgan fingerprint density at radius 1 is 0.955 bits per heavy atom. The average Bonchev–Trinajstić information content (AvgIpc) is 3.39. The molecule has 1 aromatic heterocycles. The van der Waals surface area contributed by atoms with Crippen molar-refractivity contribution in [3.63, 3.8) is 0 Å². The lowest BCUT2D eigenvalue weighted by atomic mass is 9.53. The van der Waals surface area contributed by atoms with E-state index in [1.165, 1.54) is 35.7 Å². The molecule has 11 nitrogen and oxygen atoms in total. The number of hydrogen-bond acceptors (Lipinski definition) is 7. The number of carbonyl (C=O) groups excluding carboxylic acids is 2. The monoisotopic (exact) mass is 593 g/mol. The third-order valence-electron chi connectivity index (χ3n) is 9.38. The van der Waals surface area contributed by atoms with Gasteiger partial charge in [0, 0.05) is 24.6 Å².